The quantitative estimate of drug-likeness (QED) is 0.742. The first kappa shape index (κ1) is 14.7. The standard InChI is InChI=1S/C13H16N2O4S/c1-2-5-15(6-7-16)20(18,19)11-3-4-12-10(8-11)9-13(17)14-12/h2-4,8,16H,1,5-7,9H2,(H,14,17). The van der Waals surface area contributed by atoms with Crippen LogP contribution in [0.5, 0.6) is 0 Å². The summed E-state index contributed by atoms with van der Waals surface area (Å²) in [5.74, 6) is -0.146. The minimum atomic E-state index is -3.70. The lowest BCUT2D eigenvalue weighted by molar-refractivity contribution is -0.115. The van der Waals surface area contributed by atoms with Crippen LogP contribution in [-0.4, -0.2) is 43.4 Å². The molecule has 0 fully saturated rings. The number of amides is 1. The lowest BCUT2D eigenvalue weighted by Crippen LogP contribution is -2.33. The van der Waals surface area contributed by atoms with Gasteiger partial charge in [-0.3, -0.25) is 4.79 Å². The summed E-state index contributed by atoms with van der Waals surface area (Å²) < 4.78 is 26.1. The number of carbonyl (C=O) groups is 1. The smallest absolute Gasteiger partial charge is 0.243 e. The third kappa shape index (κ3) is 2.74. The zero-order valence-corrected chi connectivity index (χ0v) is 11.7. The van der Waals surface area contributed by atoms with Crippen LogP contribution in [0.4, 0.5) is 5.69 Å². The maximum Gasteiger partial charge on any atom is 0.243 e. The molecule has 1 aromatic rings. The summed E-state index contributed by atoms with van der Waals surface area (Å²) in [4.78, 5) is 11.4. The molecule has 0 spiro atoms. The van der Waals surface area contributed by atoms with E-state index < -0.39 is 10.0 Å². The number of benzene rings is 1. The average molecular weight is 296 g/mol. The maximum atomic E-state index is 12.5. The van der Waals surface area contributed by atoms with E-state index in [2.05, 4.69) is 11.9 Å². The topological polar surface area (TPSA) is 86.7 Å². The van der Waals surface area contributed by atoms with Crippen LogP contribution in [-0.2, 0) is 21.2 Å². The van der Waals surface area contributed by atoms with Gasteiger partial charge >= 0.3 is 0 Å². The van der Waals surface area contributed by atoms with Crippen molar-refractivity contribution in [2.24, 2.45) is 0 Å². The van der Waals surface area contributed by atoms with Crippen molar-refractivity contribution >= 4 is 21.6 Å². The number of nitrogens with one attached hydrogen (secondary N) is 1. The zero-order chi connectivity index (χ0) is 14.8. The summed E-state index contributed by atoms with van der Waals surface area (Å²) in [6.45, 7) is 3.37. The monoisotopic (exact) mass is 296 g/mol. The van der Waals surface area contributed by atoms with Crippen LogP contribution in [0.2, 0.25) is 0 Å². The predicted molar refractivity (Wildman–Crippen MR) is 74.8 cm³/mol. The molecule has 0 bridgehead atoms. The van der Waals surface area contributed by atoms with Gasteiger partial charge < -0.3 is 10.4 Å². The molecule has 0 aromatic heterocycles. The Morgan fingerprint density at radius 3 is 2.85 bits per heavy atom. The molecule has 0 atom stereocenters. The van der Waals surface area contributed by atoms with Gasteiger partial charge in [-0.05, 0) is 23.8 Å². The molecule has 1 aromatic carbocycles. The first-order chi connectivity index (χ1) is 9.48. The van der Waals surface area contributed by atoms with Crippen molar-refractivity contribution in [3.05, 3.63) is 36.4 Å². The zero-order valence-electron chi connectivity index (χ0n) is 10.9. The van der Waals surface area contributed by atoms with Crippen LogP contribution in [0.15, 0.2) is 35.7 Å². The Morgan fingerprint density at radius 1 is 1.45 bits per heavy atom. The van der Waals surface area contributed by atoms with Crippen LogP contribution < -0.4 is 5.32 Å². The fraction of sp³-hybridized carbons (Fsp3) is 0.308. The fourth-order valence-electron chi connectivity index (χ4n) is 2.08. The lowest BCUT2D eigenvalue weighted by atomic mass is 10.2. The molecular formula is C13H16N2O4S. The Morgan fingerprint density at radius 2 is 2.20 bits per heavy atom. The van der Waals surface area contributed by atoms with Crippen molar-refractivity contribution in [2.45, 2.75) is 11.3 Å². The van der Waals surface area contributed by atoms with E-state index in [9.17, 15) is 13.2 Å². The molecule has 0 saturated heterocycles. The van der Waals surface area contributed by atoms with E-state index in [0.717, 1.165) is 4.31 Å². The Hall–Kier alpha value is -1.70. The number of fused-ring (bicyclic) bond motifs is 1. The number of hydrogen-bond donors (Lipinski definition) is 2. The molecule has 20 heavy (non-hydrogen) atoms. The third-order valence-corrected chi connectivity index (χ3v) is 4.88. The molecule has 0 unspecified atom stereocenters. The van der Waals surface area contributed by atoms with Crippen molar-refractivity contribution in [3.63, 3.8) is 0 Å². The summed E-state index contributed by atoms with van der Waals surface area (Å²) >= 11 is 0. The summed E-state index contributed by atoms with van der Waals surface area (Å²) in [7, 11) is -3.70. The van der Waals surface area contributed by atoms with E-state index >= 15 is 0 Å². The second-order valence-electron chi connectivity index (χ2n) is 4.42. The molecule has 6 nitrogen and oxygen atoms in total. The molecule has 7 heteroatoms. The number of aliphatic hydroxyl groups is 1. The predicted octanol–water partition coefficient (Wildman–Crippen LogP) is 0.350. The Bertz CT molecular complexity index is 640. The summed E-state index contributed by atoms with van der Waals surface area (Å²) in [5, 5.41) is 11.6. The number of hydrogen-bond acceptors (Lipinski definition) is 4. The van der Waals surface area contributed by atoms with Crippen LogP contribution in [0.1, 0.15) is 5.56 Å². The van der Waals surface area contributed by atoms with Gasteiger partial charge in [0, 0.05) is 18.8 Å². The first-order valence-corrected chi connectivity index (χ1v) is 7.57. The van der Waals surface area contributed by atoms with Crippen molar-refractivity contribution in [1.29, 1.82) is 0 Å². The Labute approximate surface area is 117 Å². The van der Waals surface area contributed by atoms with Gasteiger partial charge in [0.15, 0.2) is 0 Å². The highest BCUT2D eigenvalue weighted by Gasteiger charge is 2.26. The van der Waals surface area contributed by atoms with E-state index in [1.165, 1.54) is 18.2 Å². The van der Waals surface area contributed by atoms with Gasteiger partial charge in [0.2, 0.25) is 15.9 Å². The average Bonchev–Trinajstić information content (AvgIpc) is 2.77. The second kappa shape index (κ2) is 5.74. The van der Waals surface area contributed by atoms with Crippen LogP contribution in [0, 0.1) is 0 Å². The Balaban J connectivity index is 2.36. The van der Waals surface area contributed by atoms with E-state index in [4.69, 9.17) is 5.11 Å². The SMILES string of the molecule is C=CCN(CCO)S(=O)(=O)c1ccc2c(c1)CC(=O)N2. The van der Waals surface area contributed by atoms with Gasteiger partial charge in [0.1, 0.15) is 0 Å². The summed E-state index contributed by atoms with van der Waals surface area (Å²) in [6, 6.07) is 4.53. The van der Waals surface area contributed by atoms with E-state index in [1.807, 2.05) is 0 Å². The minimum Gasteiger partial charge on any atom is -0.395 e. The van der Waals surface area contributed by atoms with Gasteiger partial charge in [-0.2, -0.15) is 4.31 Å². The highest BCUT2D eigenvalue weighted by Crippen LogP contribution is 2.27. The van der Waals surface area contributed by atoms with Gasteiger partial charge in [-0.25, -0.2) is 8.42 Å². The summed E-state index contributed by atoms with van der Waals surface area (Å²) in [5.41, 5.74) is 1.31. The van der Waals surface area contributed by atoms with Crippen LogP contribution in [0.25, 0.3) is 0 Å². The molecule has 1 aliphatic heterocycles. The fourth-order valence-corrected chi connectivity index (χ4v) is 3.53. The molecule has 108 valence electrons. The van der Waals surface area contributed by atoms with Crippen molar-refractivity contribution in [2.75, 3.05) is 25.0 Å². The molecular weight excluding hydrogens is 280 g/mol. The number of sulfonamides is 1. The van der Waals surface area contributed by atoms with Crippen molar-refractivity contribution < 1.29 is 18.3 Å². The second-order valence-corrected chi connectivity index (χ2v) is 6.36. The Kier molecular flexibility index (Phi) is 4.22. The number of rotatable bonds is 6. The number of carbonyl (C=O) groups excluding carboxylic acids is 1. The van der Waals surface area contributed by atoms with Gasteiger partial charge in [-0.1, -0.05) is 6.08 Å². The molecule has 1 amide bonds. The van der Waals surface area contributed by atoms with Gasteiger partial charge in [-0.15, -0.1) is 6.58 Å². The van der Waals surface area contributed by atoms with Crippen molar-refractivity contribution in [3.8, 4) is 0 Å². The first-order valence-electron chi connectivity index (χ1n) is 6.13. The van der Waals surface area contributed by atoms with E-state index in [0.29, 0.717) is 11.3 Å². The number of anilines is 1. The molecule has 1 aliphatic rings. The summed E-state index contributed by atoms with van der Waals surface area (Å²) in [6.07, 6.45) is 1.64. The van der Waals surface area contributed by atoms with Gasteiger partial charge in [0.25, 0.3) is 0 Å². The third-order valence-electron chi connectivity index (χ3n) is 3.02. The molecule has 2 rings (SSSR count). The molecule has 0 radical (unpaired) electrons. The highest BCUT2D eigenvalue weighted by molar-refractivity contribution is 7.89. The van der Waals surface area contributed by atoms with Gasteiger partial charge in [0.05, 0.1) is 17.9 Å². The van der Waals surface area contributed by atoms with Crippen LogP contribution in [0.3, 0.4) is 0 Å². The number of nitrogens with zero attached hydrogens (tertiary/aromatic N) is 1. The maximum absolute atomic E-state index is 12.5. The van der Waals surface area contributed by atoms with Crippen LogP contribution >= 0.6 is 0 Å². The van der Waals surface area contributed by atoms with E-state index in [1.54, 1.807) is 6.07 Å². The molecule has 0 aliphatic carbocycles. The molecule has 1 heterocycles. The normalized spacial score (nSPS) is 14.2. The van der Waals surface area contributed by atoms with E-state index in [-0.39, 0.29) is 36.9 Å². The largest absolute Gasteiger partial charge is 0.395 e. The number of aliphatic hydroxyl groups excluding tert-OH is 1. The molecule has 2 N–H and O–H groups in total. The highest BCUT2D eigenvalue weighted by atomic mass is 32.2. The lowest BCUT2D eigenvalue weighted by Gasteiger charge is -2.20. The molecule has 0 saturated carbocycles. The minimum absolute atomic E-state index is 0.00260. The van der Waals surface area contributed by atoms with Crippen molar-refractivity contribution in [1.82, 2.24) is 4.31 Å².